The fourth-order valence-electron chi connectivity index (χ4n) is 2.27. The fourth-order valence-corrected chi connectivity index (χ4v) is 2.81. The number of ether oxygens (including phenoxy) is 1. The minimum Gasteiger partial charge on any atom is -0.422 e. The number of imidazole rings is 1. The molecule has 0 fully saturated rings. The first kappa shape index (κ1) is 16.1. The second kappa shape index (κ2) is 6.76. The number of thioether (sulfide) groups is 1. The number of pyridine rings is 1. The third-order valence-corrected chi connectivity index (χ3v) is 3.93. The lowest BCUT2D eigenvalue weighted by Crippen LogP contribution is -2.10. The van der Waals surface area contributed by atoms with Gasteiger partial charge in [-0.05, 0) is 42.7 Å². The molecule has 0 aliphatic carbocycles. The summed E-state index contributed by atoms with van der Waals surface area (Å²) in [6, 6.07) is 12.1. The number of hydrogen-bond acceptors (Lipinski definition) is 5. The molecule has 3 aromatic rings. The summed E-state index contributed by atoms with van der Waals surface area (Å²) >= 11 is 1.45. The third-order valence-electron chi connectivity index (χ3n) is 3.28. The van der Waals surface area contributed by atoms with E-state index in [4.69, 9.17) is 4.74 Å². The van der Waals surface area contributed by atoms with Crippen LogP contribution in [0.5, 0.6) is 5.75 Å². The standard InChI is InChI=1S/C17H15N3O3S/c1-11(21)18-12-6-8-13(9-7-12)23-16(22)15-14-5-3-4-10-20(14)17(19-15)24-2/h3-10H,1-2H3,(H,18,21). The summed E-state index contributed by atoms with van der Waals surface area (Å²) in [7, 11) is 0. The number of carbonyl (C=O) groups is 2. The molecule has 3 rings (SSSR count). The van der Waals surface area contributed by atoms with Crippen LogP contribution in [-0.2, 0) is 4.79 Å². The van der Waals surface area contributed by atoms with E-state index < -0.39 is 5.97 Å². The number of carbonyl (C=O) groups excluding carboxylic acids is 2. The Balaban J connectivity index is 1.84. The van der Waals surface area contributed by atoms with Gasteiger partial charge in [0.2, 0.25) is 5.91 Å². The highest BCUT2D eigenvalue weighted by atomic mass is 32.2. The molecule has 0 atom stereocenters. The van der Waals surface area contributed by atoms with E-state index in [1.165, 1.54) is 18.7 Å². The lowest BCUT2D eigenvalue weighted by Gasteiger charge is -2.05. The van der Waals surface area contributed by atoms with Gasteiger partial charge < -0.3 is 10.1 Å². The summed E-state index contributed by atoms with van der Waals surface area (Å²) in [5.41, 5.74) is 1.60. The largest absolute Gasteiger partial charge is 0.422 e. The molecule has 1 N–H and O–H groups in total. The van der Waals surface area contributed by atoms with Crippen molar-refractivity contribution in [1.29, 1.82) is 0 Å². The number of esters is 1. The van der Waals surface area contributed by atoms with Crippen molar-refractivity contribution in [3.8, 4) is 5.75 Å². The van der Waals surface area contributed by atoms with Crippen molar-refractivity contribution in [3.63, 3.8) is 0 Å². The van der Waals surface area contributed by atoms with Crippen LogP contribution in [0.3, 0.4) is 0 Å². The second-order valence-corrected chi connectivity index (χ2v) is 5.77. The SMILES string of the molecule is CSc1nc(C(=O)Oc2ccc(NC(C)=O)cc2)c2ccccn12. The molecular formula is C17H15N3O3S. The number of fused-ring (bicyclic) bond motifs is 1. The first-order valence-electron chi connectivity index (χ1n) is 7.19. The van der Waals surface area contributed by atoms with Crippen LogP contribution in [0.25, 0.3) is 5.52 Å². The van der Waals surface area contributed by atoms with E-state index in [0.29, 0.717) is 17.0 Å². The smallest absolute Gasteiger partial charge is 0.364 e. The van der Waals surface area contributed by atoms with E-state index in [2.05, 4.69) is 10.3 Å². The van der Waals surface area contributed by atoms with Crippen molar-refractivity contribution >= 4 is 34.8 Å². The molecule has 24 heavy (non-hydrogen) atoms. The van der Waals surface area contributed by atoms with E-state index >= 15 is 0 Å². The Morgan fingerprint density at radius 2 is 1.92 bits per heavy atom. The molecule has 0 saturated carbocycles. The van der Waals surface area contributed by atoms with Crippen LogP contribution in [0, 0.1) is 0 Å². The van der Waals surface area contributed by atoms with Gasteiger partial charge in [-0.3, -0.25) is 9.20 Å². The van der Waals surface area contributed by atoms with Crippen LogP contribution < -0.4 is 10.1 Å². The maximum Gasteiger partial charge on any atom is 0.364 e. The minimum atomic E-state index is -0.522. The summed E-state index contributed by atoms with van der Waals surface area (Å²) in [5.74, 6) is -0.294. The van der Waals surface area contributed by atoms with Gasteiger partial charge in [-0.1, -0.05) is 17.8 Å². The molecule has 1 aromatic carbocycles. The van der Waals surface area contributed by atoms with E-state index in [9.17, 15) is 9.59 Å². The van der Waals surface area contributed by atoms with Crippen molar-refractivity contribution in [3.05, 3.63) is 54.4 Å². The highest BCUT2D eigenvalue weighted by Gasteiger charge is 2.18. The number of nitrogens with zero attached hydrogens (tertiary/aromatic N) is 2. The molecule has 0 aliphatic heterocycles. The Morgan fingerprint density at radius 1 is 1.17 bits per heavy atom. The monoisotopic (exact) mass is 341 g/mol. The van der Waals surface area contributed by atoms with Gasteiger partial charge in [-0.15, -0.1) is 0 Å². The lowest BCUT2D eigenvalue weighted by molar-refractivity contribution is -0.114. The first-order chi connectivity index (χ1) is 11.6. The molecule has 0 saturated heterocycles. The molecule has 0 unspecified atom stereocenters. The van der Waals surface area contributed by atoms with Gasteiger partial charge in [0.1, 0.15) is 5.75 Å². The number of aromatic nitrogens is 2. The number of anilines is 1. The zero-order valence-electron chi connectivity index (χ0n) is 13.1. The zero-order chi connectivity index (χ0) is 17.1. The predicted octanol–water partition coefficient (Wildman–Crippen LogP) is 3.23. The lowest BCUT2D eigenvalue weighted by atomic mass is 10.3. The minimum absolute atomic E-state index is 0.159. The van der Waals surface area contributed by atoms with Crippen LogP contribution in [-0.4, -0.2) is 27.5 Å². The quantitative estimate of drug-likeness (QED) is 0.448. The Morgan fingerprint density at radius 3 is 2.58 bits per heavy atom. The summed E-state index contributed by atoms with van der Waals surface area (Å²) in [6.45, 7) is 1.43. The number of benzene rings is 1. The summed E-state index contributed by atoms with van der Waals surface area (Å²) in [6.07, 6.45) is 3.75. The first-order valence-corrected chi connectivity index (χ1v) is 8.42. The van der Waals surface area contributed by atoms with Crippen LogP contribution in [0.15, 0.2) is 53.8 Å². The molecule has 1 amide bonds. The molecule has 122 valence electrons. The normalized spacial score (nSPS) is 10.6. The highest BCUT2D eigenvalue weighted by molar-refractivity contribution is 7.98. The van der Waals surface area contributed by atoms with Crippen molar-refractivity contribution in [1.82, 2.24) is 9.38 Å². The number of hydrogen-bond donors (Lipinski definition) is 1. The highest BCUT2D eigenvalue weighted by Crippen LogP contribution is 2.22. The van der Waals surface area contributed by atoms with Gasteiger partial charge in [0.25, 0.3) is 0 Å². The van der Waals surface area contributed by atoms with E-state index in [0.717, 1.165) is 5.16 Å². The van der Waals surface area contributed by atoms with Gasteiger partial charge in [0.15, 0.2) is 10.9 Å². The molecule has 0 radical (unpaired) electrons. The Labute approximate surface area is 142 Å². The second-order valence-electron chi connectivity index (χ2n) is 5.00. The van der Waals surface area contributed by atoms with Crippen LogP contribution in [0.2, 0.25) is 0 Å². The summed E-state index contributed by atoms with van der Waals surface area (Å²) in [4.78, 5) is 27.8. The van der Waals surface area contributed by atoms with Gasteiger partial charge in [-0.25, -0.2) is 9.78 Å². The molecule has 2 heterocycles. The maximum absolute atomic E-state index is 12.4. The molecule has 2 aromatic heterocycles. The van der Waals surface area contributed by atoms with Gasteiger partial charge in [-0.2, -0.15) is 0 Å². The topological polar surface area (TPSA) is 72.7 Å². The Kier molecular flexibility index (Phi) is 4.52. The van der Waals surface area contributed by atoms with E-state index in [1.807, 2.05) is 35.1 Å². The van der Waals surface area contributed by atoms with Crippen molar-refractivity contribution in [2.45, 2.75) is 12.1 Å². The predicted molar refractivity (Wildman–Crippen MR) is 92.7 cm³/mol. The molecule has 0 bridgehead atoms. The Hall–Kier alpha value is -2.80. The summed E-state index contributed by atoms with van der Waals surface area (Å²) < 4.78 is 7.24. The zero-order valence-corrected chi connectivity index (χ0v) is 14.0. The van der Waals surface area contributed by atoms with Gasteiger partial charge in [0.05, 0.1) is 5.52 Å². The van der Waals surface area contributed by atoms with Gasteiger partial charge in [0, 0.05) is 18.8 Å². The Bertz CT molecular complexity index is 903. The molecule has 6 nitrogen and oxygen atoms in total. The molecule has 0 aliphatic rings. The average molecular weight is 341 g/mol. The van der Waals surface area contributed by atoms with Crippen LogP contribution >= 0.6 is 11.8 Å². The molecule has 0 spiro atoms. The number of amides is 1. The molecular weight excluding hydrogens is 326 g/mol. The maximum atomic E-state index is 12.4. The van der Waals surface area contributed by atoms with E-state index in [-0.39, 0.29) is 11.6 Å². The van der Waals surface area contributed by atoms with Crippen molar-refractivity contribution in [2.24, 2.45) is 0 Å². The van der Waals surface area contributed by atoms with Crippen LogP contribution in [0.4, 0.5) is 5.69 Å². The van der Waals surface area contributed by atoms with Crippen LogP contribution in [0.1, 0.15) is 17.4 Å². The fraction of sp³-hybridized carbons (Fsp3) is 0.118. The van der Waals surface area contributed by atoms with Crippen molar-refractivity contribution < 1.29 is 14.3 Å². The number of rotatable bonds is 4. The van der Waals surface area contributed by atoms with E-state index in [1.54, 1.807) is 24.3 Å². The average Bonchev–Trinajstić information content (AvgIpc) is 2.95. The third kappa shape index (κ3) is 3.26. The molecule has 7 heteroatoms. The number of nitrogens with one attached hydrogen (secondary N) is 1. The van der Waals surface area contributed by atoms with Gasteiger partial charge >= 0.3 is 5.97 Å². The summed E-state index contributed by atoms with van der Waals surface area (Å²) in [5, 5.41) is 3.38. The van der Waals surface area contributed by atoms with Crippen molar-refractivity contribution in [2.75, 3.05) is 11.6 Å².